The maximum atomic E-state index is 6.25. The van der Waals surface area contributed by atoms with Crippen LogP contribution in [-0.4, -0.2) is 23.5 Å². The van der Waals surface area contributed by atoms with E-state index in [0.717, 1.165) is 17.1 Å². The molecule has 0 heterocycles. The maximum absolute atomic E-state index is 6.25. The van der Waals surface area contributed by atoms with Gasteiger partial charge in [-0.3, -0.25) is 4.90 Å². The summed E-state index contributed by atoms with van der Waals surface area (Å²) < 4.78 is 1.13. The summed E-state index contributed by atoms with van der Waals surface area (Å²) >= 11 is 3.50. The standard InChI is InChI=1S/C15H23BrN2/c1-3-10-18(14-8-9-14)15(11(2)17)12-4-6-13(16)7-5-12/h4-7,11,14-15H,3,8-10,17H2,1-2H3. The molecule has 0 amide bonds. The van der Waals surface area contributed by atoms with Crippen molar-refractivity contribution in [3.8, 4) is 0 Å². The van der Waals surface area contributed by atoms with Gasteiger partial charge in [0.25, 0.3) is 0 Å². The number of benzene rings is 1. The molecule has 2 rings (SSSR count). The van der Waals surface area contributed by atoms with Crippen LogP contribution in [0.1, 0.15) is 44.7 Å². The van der Waals surface area contributed by atoms with E-state index in [9.17, 15) is 0 Å². The first-order valence-corrected chi connectivity index (χ1v) is 7.69. The van der Waals surface area contributed by atoms with Gasteiger partial charge in [0, 0.05) is 22.6 Å². The third-order valence-electron chi connectivity index (χ3n) is 3.56. The summed E-state index contributed by atoms with van der Waals surface area (Å²) in [7, 11) is 0. The Morgan fingerprint density at radius 1 is 1.33 bits per heavy atom. The van der Waals surface area contributed by atoms with E-state index in [2.05, 4.69) is 58.9 Å². The highest BCUT2D eigenvalue weighted by molar-refractivity contribution is 9.10. The van der Waals surface area contributed by atoms with E-state index in [1.54, 1.807) is 0 Å². The van der Waals surface area contributed by atoms with Crippen molar-refractivity contribution in [2.24, 2.45) is 5.73 Å². The van der Waals surface area contributed by atoms with Crippen molar-refractivity contribution < 1.29 is 0 Å². The third kappa shape index (κ3) is 3.34. The van der Waals surface area contributed by atoms with E-state index in [0.29, 0.717) is 6.04 Å². The zero-order valence-electron chi connectivity index (χ0n) is 11.3. The smallest absolute Gasteiger partial charge is 0.0499 e. The summed E-state index contributed by atoms with van der Waals surface area (Å²) in [6.45, 7) is 5.51. The summed E-state index contributed by atoms with van der Waals surface area (Å²) in [5.41, 5.74) is 7.59. The van der Waals surface area contributed by atoms with Crippen molar-refractivity contribution in [1.82, 2.24) is 4.90 Å². The Morgan fingerprint density at radius 3 is 2.39 bits per heavy atom. The molecule has 18 heavy (non-hydrogen) atoms. The van der Waals surface area contributed by atoms with Crippen LogP contribution in [0.15, 0.2) is 28.7 Å². The number of rotatable bonds is 6. The summed E-state index contributed by atoms with van der Waals surface area (Å²) in [5.74, 6) is 0. The minimum atomic E-state index is 0.165. The summed E-state index contributed by atoms with van der Waals surface area (Å²) in [5, 5.41) is 0. The van der Waals surface area contributed by atoms with Gasteiger partial charge in [-0.1, -0.05) is 35.0 Å². The molecule has 0 aromatic heterocycles. The van der Waals surface area contributed by atoms with Crippen LogP contribution in [0.5, 0.6) is 0 Å². The monoisotopic (exact) mass is 310 g/mol. The molecular formula is C15H23BrN2. The van der Waals surface area contributed by atoms with Crippen LogP contribution in [0, 0.1) is 0 Å². The fourth-order valence-corrected chi connectivity index (χ4v) is 2.93. The zero-order valence-corrected chi connectivity index (χ0v) is 12.9. The lowest BCUT2D eigenvalue weighted by Gasteiger charge is -2.34. The van der Waals surface area contributed by atoms with Gasteiger partial charge in [-0.25, -0.2) is 0 Å². The molecule has 0 saturated heterocycles. The SMILES string of the molecule is CCCN(C1CC1)C(c1ccc(Br)cc1)C(C)N. The Balaban J connectivity index is 2.22. The van der Waals surface area contributed by atoms with Crippen LogP contribution in [0.2, 0.25) is 0 Å². The van der Waals surface area contributed by atoms with Crippen molar-refractivity contribution in [2.45, 2.75) is 51.2 Å². The number of hydrogen-bond acceptors (Lipinski definition) is 2. The predicted molar refractivity (Wildman–Crippen MR) is 80.6 cm³/mol. The Morgan fingerprint density at radius 2 is 1.94 bits per heavy atom. The van der Waals surface area contributed by atoms with Crippen LogP contribution in [0.4, 0.5) is 0 Å². The molecule has 100 valence electrons. The van der Waals surface area contributed by atoms with Gasteiger partial charge in [0.15, 0.2) is 0 Å². The molecule has 0 spiro atoms. The normalized spacial score (nSPS) is 18.9. The van der Waals surface area contributed by atoms with Gasteiger partial charge in [0.2, 0.25) is 0 Å². The molecule has 2 nitrogen and oxygen atoms in total. The highest BCUT2D eigenvalue weighted by atomic mass is 79.9. The van der Waals surface area contributed by atoms with Gasteiger partial charge in [0.1, 0.15) is 0 Å². The molecular weight excluding hydrogens is 288 g/mol. The number of nitrogens with zero attached hydrogens (tertiary/aromatic N) is 1. The van der Waals surface area contributed by atoms with Gasteiger partial charge in [-0.15, -0.1) is 0 Å². The average molecular weight is 311 g/mol. The zero-order chi connectivity index (χ0) is 13.1. The van der Waals surface area contributed by atoms with Gasteiger partial charge < -0.3 is 5.73 Å². The van der Waals surface area contributed by atoms with E-state index in [1.807, 2.05) is 0 Å². The van der Waals surface area contributed by atoms with Gasteiger partial charge in [-0.2, -0.15) is 0 Å². The summed E-state index contributed by atoms with van der Waals surface area (Å²) in [6, 6.07) is 9.89. The van der Waals surface area contributed by atoms with Crippen molar-refractivity contribution in [3.05, 3.63) is 34.3 Å². The highest BCUT2D eigenvalue weighted by Gasteiger charge is 2.35. The van der Waals surface area contributed by atoms with Gasteiger partial charge >= 0.3 is 0 Å². The Kier molecular flexibility index (Phi) is 4.82. The van der Waals surface area contributed by atoms with Crippen molar-refractivity contribution in [2.75, 3.05) is 6.54 Å². The first kappa shape index (κ1) is 14.0. The largest absolute Gasteiger partial charge is 0.326 e. The quantitative estimate of drug-likeness (QED) is 0.868. The summed E-state index contributed by atoms with van der Waals surface area (Å²) in [6.07, 6.45) is 3.86. The van der Waals surface area contributed by atoms with E-state index >= 15 is 0 Å². The second-order valence-corrected chi connectivity index (χ2v) is 6.24. The van der Waals surface area contributed by atoms with E-state index < -0.39 is 0 Å². The summed E-state index contributed by atoms with van der Waals surface area (Å²) in [4.78, 5) is 2.61. The molecule has 1 fully saturated rings. The van der Waals surface area contributed by atoms with Crippen LogP contribution < -0.4 is 5.73 Å². The molecule has 1 aromatic carbocycles. The topological polar surface area (TPSA) is 29.3 Å². The molecule has 2 N–H and O–H groups in total. The van der Waals surface area contributed by atoms with E-state index in [1.165, 1.54) is 24.8 Å². The molecule has 0 radical (unpaired) electrons. The Bertz CT molecular complexity index is 371. The van der Waals surface area contributed by atoms with Gasteiger partial charge in [0.05, 0.1) is 0 Å². The second-order valence-electron chi connectivity index (χ2n) is 5.32. The Labute approximate surface area is 119 Å². The van der Waals surface area contributed by atoms with Crippen molar-refractivity contribution in [1.29, 1.82) is 0 Å². The van der Waals surface area contributed by atoms with Gasteiger partial charge in [-0.05, 0) is 50.4 Å². The van der Waals surface area contributed by atoms with E-state index in [4.69, 9.17) is 5.73 Å². The second kappa shape index (κ2) is 6.18. The molecule has 1 aliphatic rings. The number of nitrogens with two attached hydrogens (primary N) is 1. The average Bonchev–Trinajstić information content (AvgIpc) is 3.14. The molecule has 0 aliphatic heterocycles. The fraction of sp³-hybridized carbons (Fsp3) is 0.600. The maximum Gasteiger partial charge on any atom is 0.0499 e. The minimum absolute atomic E-state index is 0.165. The van der Waals surface area contributed by atoms with Crippen molar-refractivity contribution >= 4 is 15.9 Å². The molecule has 1 aliphatic carbocycles. The molecule has 1 aromatic rings. The minimum Gasteiger partial charge on any atom is -0.326 e. The number of halogens is 1. The third-order valence-corrected chi connectivity index (χ3v) is 4.09. The highest BCUT2D eigenvalue weighted by Crippen LogP contribution is 2.36. The van der Waals surface area contributed by atoms with E-state index in [-0.39, 0.29) is 6.04 Å². The van der Waals surface area contributed by atoms with Crippen LogP contribution in [-0.2, 0) is 0 Å². The molecule has 0 bridgehead atoms. The van der Waals surface area contributed by atoms with Crippen LogP contribution in [0.25, 0.3) is 0 Å². The first-order chi connectivity index (χ1) is 8.63. The van der Waals surface area contributed by atoms with Crippen LogP contribution >= 0.6 is 15.9 Å². The lowest BCUT2D eigenvalue weighted by Crippen LogP contribution is -2.41. The fourth-order valence-electron chi connectivity index (χ4n) is 2.67. The first-order valence-electron chi connectivity index (χ1n) is 6.90. The molecule has 1 saturated carbocycles. The molecule has 2 atom stereocenters. The number of hydrogen-bond donors (Lipinski definition) is 1. The lowest BCUT2D eigenvalue weighted by molar-refractivity contribution is 0.166. The Hall–Kier alpha value is -0.380. The predicted octanol–water partition coefficient (Wildman–Crippen LogP) is 3.71. The molecule has 3 heteroatoms. The lowest BCUT2D eigenvalue weighted by atomic mass is 9.98. The van der Waals surface area contributed by atoms with Crippen LogP contribution in [0.3, 0.4) is 0 Å². The molecule has 2 unspecified atom stereocenters. The van der Waals surface area contributed by atoms with Crippen molar-refractivity contribution in [3.63, 3.8) is 0 Å².